The first-order chi connectivity index (χ1) is 9.78. The maximum absolute atomic E-state index is 11.9. The van der Waals surface area contributed by atoms with Crippen molar-refractivity contribution in [2.24, 2.45) is 5.73 Å². The van der Waals surface area contributed by atoms with Crippen LogP contribution in [0.1, 0.15) is 50.4 Å². The lowest BCUT2D eigenvalue weighted by molar-refractivity contribution is -0.119. The van der Waals surface area contributed by atoms with E-state index in [9.17, 15) is 4.79 Å². The third kappa shape index (κ3) is 3.15. The van der Waals surface area contributed by atoms with Crippen LogP contribution in [0.5, 0.6) is 0 Å². The maximum Gasteiger partial charge on any atom is 0.230 e. The molecule has 0 spiro atoms. The van der Waals surface area contributed by atoms with Crippen LogP contribution in [0, 0.1) is 0 Å². The number of carbonyl (C=O) groups excluding carboxylic acids is 1. The Labute approximate surface area is 122 Å². The van der Waals surface area contributed by atoms with Gasteiger partial charge in [-0.05, 0) is 25.7 Å². The van der Waals surface area contributed by atoms with Gasteiger partial charge in [0.2, 0.25) is 5.91 Å². The van der Waals surface area contributed by atoms with Gasteiger partial charge in [-0.1, -0.05) is 24.6 Å². The minimum atomic E-state index is 0.0987. The quantitative estimate of drug-likeness (QED) is 0.771. The van der Waals surface area contributed by atoms with Crippen LogP contribution in [0.3, 0.4) is 0 Å². The predicted molar refractivity (Wildman–Crippen MR) is 77.3 cm³/mol. The molecule has 0 aromatic carbocycles. The van der Waals surface area contributed by atoms with Gasteiger partial charge in [0.1, 0.15) is 5.82 Å². The lowest BCUT2D eigenvalue weighted by atomic mass is 10.2. The van der Waals surface area contributed by atoms with Crippen molar-refractivity contribution in [3.8, 4) is 0 Å². The summed E-state index contributed by atoms with van der Waals surface area (Å²) < 4.78 is 2.10. The Kier molecular flexibility index (Phi) is 4.26. The number of hydrogen-bond acceptors (Lipinski definition) is 5. The van der Waals surface area contributed by atoms with Gasteiger partial charge in [0.15, 0.2) is 5.16 Å². The highest BCUT2D eigenvalue weighted by molar-refractivity contribution is 7.99. The molecule has 7 heteroatoms. The van der Waals surface area contributed by atoms with Gasteiger partial charge in [-0.2, -0.15) is 0 Å². The lowest BCUT2D eigenvalue weighted by Crippen LogP contribution is -2.33. The second kappa shape index (κ2) is 6.13. The van der Waals surface area contributed by atoms with Gasteiger partial charge in [0.25, 0.3) is 0 Å². The number of hydrogen-bond donors (Lipinski definition) is 2. The zero-order chi connectivity index (χ0) is 13.9. The van der Waals surface area contributed by atoms with Gasteiger partial charge < -0.3 is 15.6 Å². The van der Waals surface area contributed by atoms with Crippen molar-refractivity contribution in [1.29, 1.82) is 0 Å². The molecule has 0 unspecified atom stereocenters. The van der Waals surface area contributed by atoms with Gasteiger partial charge in [-0.3, -0.25) is 4.79 Å². The van der Waals surface area contributed by atoms with Crippen LogP contribution in [-0.2, 0) is 11.3 Å². The summed E-state index contributed by atoms with van der Waals surface area (Å²) in [7, 11) is 0. The Morgan fingerprint density at radius 2 is 2.05 bits per heavy atom. The zero-order valence-corrected chi connectivity index (χ0v) is 12.4. The number of aromatic nitrogens is 3. The molecule has 110 valence electrons. The van der Waals surface area contributed by atoms with Crippen LogP contribution in [0.4, 0.5) is 0 Å². The molecule has 3 N–H and O–H groups in total. The molecule has 1 aromatic rings. The minimum absolute atomic E-state index is 0.0987. The molecule has 1 aromatic heterocycles. The van der Waals surface area contributed by atoms with E-state index in [0.717, 1.165) is 36.7 Å². The van der Waals surface area contributed by atoms with E-state index >= 15 is 0 Å². The molecule has 2 aliphatic carbocycles. The highest BCUT2D eigenvalue weighted by Gasteiger charge is 2.29. The largest absolute Gasteiger partial charge is 0.353 e. The van der Waals surface area contributed by atoms with Crippen LogP contribution in [-0.4, -0.2) is 32.5 Å². The van der Waals surface area contributed by atoms with E-state index in [-0.39, 0.29) is 5.91 Å². The average Bonchev–Trinajstić information content (AvgIpc) is 3.00. The molecule has 1 heterocycles. The Morgan fingerprint density at radius 1 is 1.30 bits per heavy atom. The Bertz CT molecular complexity index is 479. The zero-order valence-electron chi connectivity index (χ0n) is 11.5. The van der Waals surface area contributed by atoms with E-state index in [0.29, 0.717) is 24.4 Å². The lowest BCUT2D eigenvalue weighted by Gasteiger charge is -2.11. The van der Waals surface area contributed by atoms with Crippen LogP contribution in [0.25, 0.3) is 0 Å². The molecule has 3 rings (SSSR count). The van der Waals surface area contributed by atoms with Crippen LogP contribution in [0.15, 0.2) is 5.16 Å². The van der Waals surface area contributed by atoms with Crippen molar-refractivity contribution in [3.05, 3.63) is 5.82 Å². The summed E-state index contributed by atoms with van der Waals surface area (Å²) in [6.07, 6.45) is 7.01. The van der Waals surface area contributed by atoms with E-state index < -0.39 is 0 Å². The minimum Gasteiger partial charge on any atom is -0.353 e. The molecule has 2 fully saturated rings. The molecule has 20 heavy (non-hydrogen) atoms. The number of nitrogens with two attached hydrogens (primary N) is 1. The van der Waals surface area contributed by atoms with Gasteiger partial charge in [0.05, 0.1) is 12.3 Å². The fourth-order valence-corrected chi connectivity index (χ4v) is 3.55. The maximum atomic E-state index is 11.9. The highest BCUT2D eigenvalue weighted by Crippen LogP contribution is 2.38. The number of nitrogens with zero attached hydrogens (tertiary/aromatic N) is 3. The molecule has 0 bridgehead atoms. The van der Waals surface area contributed by atoms with Crippen LogP contribution >= 0.6 is 11.8 Å². The van der Waals surface area contributed by atoms with E-state index in [1.807, 2.05) is 0 Å². The topological polar surface area (TPSA) is 85.8 Å². The van der Waals surface area contributed by atoms with Gasteiger partial charge in [0, 0.05) is 12.1 Å². The van der Waals surface area contributed by atoms with Crippen LogP contribution in [0.2, 0.25) is 0 Å². The van der Waals surface area contributed by atoms with Gasteiger partial charge in [-0.25, -0.2) is 0 Å². The standard InChI is InChI=1S/C13H21N5OS/c14-7-11-16-17-13(18(11)10-5-6-10)20-8-12(19)15-9-3-1-2-4-9/h9-10H,1-8,14H2,(H,15,19). The van der Waals surface area contributed by atoms with E-state index in [1.165, 1.54) is 24.6 Å². The number of amides is 1. The fourth-order valence-electron chi connectivity index (χ4n) is 2.71. The molecule has 0 atom stereocenters. The smallest absolute Gasteiger partial charge is 0.230 e. The molecule has 0 saturated heterocycles. The molecule has 2 aliphatic rings. The summed E-state index contributed by atoms with van der Waals surface area (Å²) in [4.78, 5) is 11.9. The first-order valence-electron chi connectivity index (χ1n) is 7.34. The van der Waals surface area contributed by atoms with E-state index in [1.54, 1.807) is 0 Å². The first kappa shape index (κ1) is 13.9. The normalized spacial score (nSPS) is 19.4. The molecular formula is C13H21N5OS. The fraction of sp³-hybridized carbons (Fsp3) is 0.769. The first-order valence-corrected chi connectivity index (χ1v) is 8.32. The second-order valence-corrected chi connectivity index (χ2v) is 6.48. The van der Waals surface area contributed by atoms with E-state index in [4.69, 9.17) is 5.73 Å². The predicted octanol–water partition coefficient (Wildman–Crippen LogP) is 1.22. The van der Waals surface area contributed by atoms with E-state index in [2.05, 4.69) is 20.1 Å². The van der Waals surface area contributed by atoms with Crippen molar-refractivity contribution < 1.29 is 4.79 Å². The molecular weight excluding hydrogens is 274 g/mol. The number of thioether (sulfide) groups is 1. The number of nitrogens with one attached hydrogen (secondary N) is 1. The SMILES string of the molecule is NCc1nnc(SCC(=O)NC2CCCC2)n1C1CC1. The Balaban J connectivity index is 1.55. The van der Waals surface area contributed by atoms with Crippen LogP contribution < -0.4 is 11.1 Å². The molecule has 0 radical (unpaired) electrons. The summed E-state index contributed by atoms with van der Waals surface area (Å²) in [5, 5.41) is 12.2. The van der Waals surface area contributed by atoms with Gasteiger partial charge in [-0.15, -0.1) is 10.2 Å². The van der Waals surface area contributed by atoms with Crippen molar-refractivity contribution in [2.45, 2.75) is 62.3 Å². The summed E-state index contributed by atoms with van der Waals surface area (Å²) in [6, 6.07) is 0.868. The summed E-state index contributed by atoms with van der Waals surface area (Å²) in [5.74, 6) is 1.33. The van der Waals surface area contributed by atoms with Crippen molar-refractivity contribution in [2.75, 3.05) is 5.75 Å². The molecule has 6 nitrogen and oxygen atoms in total. The summed E-state index contributed by atoms with van der Waals surface area (Å²) in [5.41, 5.74) is 5.68. The average molecular weight is 295 g/mol. The third-order valence-corrected chi connectivity index (χ3v) is 4.83. The van der Waals surface area contributed by atoms with Crippen molar-refractivity contribution in [3.63, 3.8) is 0 Å². The third-order valence-electron chi connectivity index (χ3n) is 3.88. The Hall–Kier alpha value is -1.08. The summed E-state index contributed by atoms with van der Waals surface area (Å²) in [6.45, 7) is 0.401. The Morgan fingerprint density at radius 3 is 2.70 bits per heavy atom. The van der Waals surface area contributed by atoms with Crippen molar-refractivity contribution in [1.82, 2.24) is 20.1 Å². The number of rotatable bonds is 6. The number of carbonyl (C=O) groups is 1. The second-order valence-electron chi connectivity index (χ2n) is 5.54. The highest BCUT2D eigenvalue weighted by atomic mass is 32.2. The molecule has 1 amide bonds. The molecule has 0 aliphatic heterocycles. The molecule has 2 saturated carbocycles. The summed E-state index contributed by atoms with van der Waals surface area (Å²) >= 11 is 1.46. The monoisotopic (exact) mass is 295 g/mol. The van der Waals surface area contributed by atoms with Crippen molar-refractivity contribution >= 4 is 17.7 Å². The van der Waals surface area contributed by atoms with Gasteiger partial charge >= 0.3 is 0 Å².